The minimum Gasteiger partial charge on any atom is -0.348 e. The molecule has 0 fully saturated rings. The highest BCUT2D eigenvalue weighted by Gasteiger charge is 2.09. The van der Waals surface area contributed by atoms with E-state index in [0.29, 0.717) is 12.4 Å². The van der Waals surface area contributed by atoms with Crippen LogP contribution in [0.4, 0.5) is 0 Å². The quantitative estimate of drug-likeness (QED) is 0.849. The molecule has 2 rings (SSSR count). The van der Waals surface area contributed by atoms with Crippen molar-refractivity contribution in [2.45, 2.75) is 19.3 Å². The van der Waals surface area contributed by atoms with E-state index in [-0.39, 0.29) is 5.91 Å². The Morgan fingerprint density at radius 2 is 2.11 bits per heavy atom. The van der Waals surface area contributed by atoms with Crippen LogP contribution in [0.5, 0.6) is 0 Å². The fraction of sp³-hybridized carbons (Fsp3) is 0.214. The van der Waals surface area contributed by atoms with Crippen molar-refractivity contribution in [3.63, 3.8) is 0 Å². The Kier molecular flexibility index (Phi) is 4.39. The predicted octanol–water partition coefficient (Wildman–Crippen LogP) is 3.73. The largest absolute Gasteiger partial charge is 0.348 e. The fourth-order valence-electron chi connectivity index (χ4n) is 1.69. The molecule has 1 aromatic carbocycles. The number of carbonyl (C=O) groups excluding carboxylic acids is 1. The molecular formula is C14H14ClNOS. The summed E-state index contributed by atoms with van der Waals surface area (Å²) < 4.78 is 0. The number of hydrogen-bond acceptors (Lipinski definition) is 2. The van der Waals surface area contributed by atoms with E-state index < -0.39 is 0 Å². The van der Waals surface area contributed by atoms with Crippen molar-refractivity contribution in [3.8, 4) is 0 Å². The molecule has 1 heterocycles. The van der Waals surface area contributed by atoms with Gasteiger partial charge in [-0.15, -0.1) is 11.6 Å². The smallest absolute Gasteiger partial charge is 0.252 e. The highest BCUT2D eigenvalue weighted by molar-refractivity contribution is 7.08. The third-order valence-electron chi connectivity index (χ3n) is 2.70. The van der Waals surface area contributed by atoms with Gasteiger partial charge in [0.1, 0.15) is 0 Å². The molecule has 18 heavy (non-hydrogen) atoms. The minimum atomic E-state index is -0.0231. The Bertz CT molecular complexity index is 550. The second kappa shape index (κ2) is 6.03. The average Bonchev–Trinajstić information content (AvgIpc) is 2.82. The number of rotatable bonds is 4. The normalized spacial score (nSPS) is 10.3. The number of thiophene rings is 1. The van der Waals surface area contributed by atoms with Crippen LogP contribution in [0.2, 0.25) is 0 Å². The van der Waals surface area contributed by atoms with Crippen LogP contribution < -0.4 is 5.32 Å². The number of hydrogen-bond donors (Lipinski definition) is 1. The zero-order valence-electron chi connectivity index (χ0n) is 10.1. The summed E-state index contributed by atoms with van der Waals surface area (Å²) in [5.74, 6) is 0.468. The number of amides is 1. The summed E-state index contributed by atoms with van der Waals surface area (Å²) in [5, 5.41) is 6.77. The van der Waals surface area contributed by atoms with Gasteiger partial charge in [-0.05, 0) is 29.0 Å². The molecule has 0 unspecified atom stereocenters. The number of alkyl halides is 1. The van der Waals surface area contributed by atoms with Crippen LogP contribution in [-0.4, -0.2) is 5.91 Å². The molecule has 0 bridgehead atoms. The van der Waals surface area contributed by atoms with Crippen molar-refractivity contribution >= 4 is 28.8 Å². The Balaban J connectivity index is 1.99. The van der Waals surface area contributed by atoms with Crippen LogP contribution in [0, 0.1) is 6.92 Å². The van der Waals surface area contributed by atoms with Gasteiger partial charge in [-0.1, -0.05) is 24.3 Å². The number of benzene rings is 1. The average molecular weight is 280 g/mol. The van der Waals surface area contributed by atoms with E-state index in [9.17, 15) is 4.79 Å². The lowest BCUT2D eigenvalue weighted by molar-refractivity contribution is 0.0951. The number of carbonyl (C=O) groups is 1. The van der Waals surface area contributed by atoms with Crippen LogP contribution in [0.3, 0.4) is 0 Å². The van der Waals surface area contributed by atoms with Gasteiger partial charge in [-0.2, -0.15) is 11.3 Å². The van der Waals surface area contributed by atoms with E-state index in [0.717, 1.165) is 22.3 Å². The van der Waals surface area contributed by atoms with Gasteiger partial charge in [0, 0.05) is 17.8 Å². The van der Waals surface area contributed by atoms with Gasteiger partial charge < -0.3 is 5.32 Å². The van der Waals surface area contributed by atoms with Crippen molar-refractivity contribution < 1.29 is 4.79 Å². The van der Waals surface area contributed by atoms with E-state index in [1.54, 1.807) is 11.3 Å². The lowest BCUT2D eigenvalue weighted by Gasteiger charge is -2.06. The molecule has 2 aromatic rings. The fourth-order valence-corrected chi connectivity index (χ4v) is 2.69. The van der Waals surface area contributed by atoms with E-state index >= 15 is 0 Å². The number of nitrogens with one attached hydrogen (secondary N) is 1. The first-order valence-corrected chi connectivity index (χ1v) is 7.13. The monoisotopic (exact) mass is 279 g/mol. The molecule has 1 N–H and O–H groups in total. The molecule has 0 atom stereocenters. The topological polar surface area (TPSA) is 29.1 Å². The first-order valence-electron chi connectivity index (χ1n) is 5.65. The summed E-state index contributed by atoms with van der Waals surface area (Å²) in [4.78, 5) is 11.9. The molecule has 2 nitrogen and oxygen atoms in total. The minimum absolute atomic E-state index is 0.0231. The molecule has 4 heteroatoms. The highest BCUT2D eigenvalue weighted by atomic mass is 35.5. The predicted molar refractivity (Wildman–Crippen MR) is 76.2 cm³/mol. The van der Waals surface area contributed by atoms with Crippen molar-refractivity contribution in [3.05, 3.63) is 57.3 Å². The molecule has 94 valence electrons. The van der Waals surface area contributed by atoms with Crippen molar-refractivity contribution in [2.75, 3.05) is 0 Å². The van der Waals surface area contributed by atoms with Crippen LogP contribution >= 0.6 is 22.9 Å². The van der Waals surface area contributed by atoms with Gasteiger partial charge in [-0.25, -0.2) is 0 Å². The van der Waals surface area contributed by atoms with Gasteiger partial charge >= 0.3 is 0 Å². The van der Waals surface area contributed by atoms with Gasteiger partial charge in [0.05, 0.1) is 5.56 Å². The van der Waals surface area contributed by atoms with E-state index in [1.165, 1.54) is 0 Å². The SMILES string of the molecule is Cc1cscc1C(=O)NCc1cccc(CCl)c1. The number of aryl methyl sites for hydroxylation is 1. The molecule has 0 radical (unpaired) electrons. The summed E-state index contributed by atoms with van der Waals surface area (Å²) in [6.45, 7) is 2.47. The highest BCUT2D eigenvalue weighted by Crippen LogP contribution is 2.14. The molecule has 0 saturated heterocycles. The van der Waals surface area contributed by atoms with E-state index in [2.05, 4.69) is 5.32 Å². The third kappa shape index (κ3) is 3.12. The zero-order chi connectivity index (χ0) is 13.0. The first kappa shape index (κ1) is 13.1. The molecule has 1 aromatic heterocycles. The number of halogens is 1. The standard InChI is InChI=1S/C14H14ClNOS/c1-10-8-18-9-13(10)14(17)16-7-12-4-2-3-11(5-12)6-15/h2-5,8-9H,6-7H2,1H3,(H,16,17). The van der Waals surface area contributed by atoms with Gasteiger partial charge in [0.15, 0.2) is 0 Å². The van der Waals surface area contributed by atoms with E-state index in [4.69, 9.17) is 11.6 Å². The van der Waals surface area contributed by atoms with Gasteiger partial charge in [0.25, 0.3) is 5.91 Å². The molecule has 1 amide bonds. The van der Waals surface area contributed by atoms with E-state index in [1.807, 2.05) is 41.9 Å². The maximum atomic E-state index is 11.9. The summed E-state index contributed by atoms with van der Waals surface area (Å²) in [5.41, 5.74) is 3.91. The van der Waals surface area contributed by atoms with Crippen LogP contribution in [-0.2, 0) is 12.4 Å². The van der Waals surface area contributed by atoms with Crippen LogP contribution in [0.15, 0.2) is 35.0 Å². The summed E-state index contributed by atoms with van der Waals surface area (Å²) in [6.07, 6.45) is 0. The maximum absolute atomic E-state index is 11.9. The lowest BCUT2D eigenvalue weighted by atomic mass is 10.1. The van der Waals surface area contributed by atoms with Crippen molar-refractivity contribution in [1.82, 2.24) is 5.32 Å². The first-order chi connectivity index (χ1) is 8.70. The molecule has 0 aliphatic carbocycles. The Hall–Kier alpha value is -1.32. The third-order valence-corrected chi connectivity index (χ3v) is 3.87. The maximum Gasteiger partial charge on any atom is 0.252 e. The molecule has 0 spiro atoms. The van der Waals surface area contributed by atoms with Crippen molar-refractivity contribution in [2.24, 2.45) is 0 Å². The molecule has 0 aliphatic rings. The Morgan fingerprint density at radius 3 is 2.78 bits per heavy atom. The van der Waals surface area contributed by atoms with Gasteiger partial charge in [0.2, 0.25) is 0 Å². The summed E-state index contributed by atoms with van der Waals surface area (Å²) in [7, 11) is 0. The second-order valence-corrected chi connectivity index (χ2v) is 5.12. The summed E-state index contributed by atoms with van der Waals surface area (Å²) >= 11 is 7.32. The zero-order valence-corrected chi connectivity index (χ0v) is 11.6. The molecule has 0 saturated carbocycles. The second-order valence-electron chi connectivity index (χ2n) is 4.10. The molecule has 0 aliphatic heterocycles. The van der Waals surface area contributed by atoms with Crippen molar-refractivity contribution in [1.29, 1.82) is 0 Å². The Morgan fingerprint density at radius 1 is 1.33 bits per heavy atom. The van der Waals surface area contributed by atoms with Crippen LogP contribution in [0.25, 0.3) is 0 Å². The lowest BCUT2D eigenvalue weighted by Crippen LogP contribution is -2.22. The Labute approximate surface area is 116 Å². The van der Waals surface area contributed by atoms with Crippen LogP contribution in [0.1, 0.15) is 27.0 Å². The van der Waals surface area contributed by atoms with Gasteiger partial charge in [-0.3, -0.25) is 4.79 Å². The summed E-state index contributed by atoms with van der Waals surface area (Å²) in [6, 6.07) is 7.92. The molecular weight excluding hydrogens is 266 g/mol.